The summed E-state index contributed by atoms with van der Waals surface area (Å²) < 4.78 is 18.3. The molecule has 1 heterocycles. The third-order valence-electron chi connectivity index (χ3n) is 2.11. The highest BCUT2D eigenvalue weighted by Gasteiger charge is 2.20. The van der Waals surface area contributed by atoms with Crippen LogP contribution >= 0.6 is 0 Å². The highest BCUT2D eigenvalue weighted by Crippen LogP contribution is 2.26. The lowest BCUT2D eigenvalue weighted by Gasteiger charge is -2.19. The molecule has 0 amide bonds. The number of hydrogen-bond acceptors (Lipinski definition) is 2. The van der Waals surface area contributed by atoms with Gasteiger partial charge in [-0.15, -0.1) is 0 Å². The normalized spacial score (nSPS) is 20.6. The number of benzene rings is 1. The van der Waals surface area contributed by atoms with Crippen molar-refractivity contribution in [3.63, 3.8) is 0 Å². The zero-order valence-corrected chi connectivity index (χ0v) is 7.44. The predicted molar refractivity (Wildman–Crippen MR) is 49.0 cm³/mol. The van der Waals surface area contributed by atoms with Crippen molar-refractivity contribution >= 4 is 5.97 Å². The Morgan fingerprint density at radius 1 is 1.36 bits per heavy atom. The van der Waals surface area contributed by atoms with Crippen LogP contribution in [0.3, 0.4) is 0 Å². The molecule has 0 radical (unpaired) electrons. The van der Waals surface area contributed by atoms with E-state index in [2.05, 4.69) is 0 Å². The van der Waals surface area contributed by atoms with Gasteiger partial charge in [0.25, 0.3) is 0 Å². The lowest BCUT2D eigenvalue weighted by molar-refractivity contribution is -0.144. The van der Waals surface area contributed by atoms with E-state index >= 15 is 0 Å². The second-order valence-corrected chi connectivity index (χ2v) is 3.09. The Bertz CT molecular complexity index is 385. The third kappa shape index (κ3) is 1.66. The SMILES string of the molecule is O=C1C=CCC(c2ccccc2F)O1. The molecule has 72 valence electrons. The average molecular weight is 192 g/mol. The lowest BCUT2D eigenvalue weighted by atomic mass is 10.0. The summed E-state index contributed by atoms with van der Waals surface area (Å²) in [6.07, 6.45) is 3.11. The van der Waals surface area contributed by atoms with Crippen LogP contribution < -0.4 is 0 Å². The van der Waals surface area contributed by atoms with E-state index in [-0.39, 0.29) is 5.82 Å². The fourth-order valence-corrected chi connectivity index (χ4v) is 1.44. The molecule has 1 aliphatic rings. The summed E-state index contributed by atoms with van der Waals surface area (Å²) in [5, 5.41) is 0. The summed E-state index contributed by atoms with van der Waals surface area (Å²) in [6.45, 7) is 0. The minimum absolute atomic E-state index is 0.333. The van der Waals surface area contributed by atoms with Crippen LogP contribution in [0.4, 0.5) is 4.39 Å². The summed E-state index contributed by atoms with van der Waals surface area (Å²) in [5.74, 6) is -0.745. The first-order chi connectivity index (χ1) is 6.77. The Hall–Kier alpha value is -1.64. The van der Waals surface area contributed by atoms with E-state index in [9.17, 15) is 9.18 Å². The second kappa shape index (κ2) is 3.62. The van der Waals surface area contributed by atoms with Crippen LogP contribution in [0.5, 0.6) is 0 Å². The molecule has 0 saturated heterocycles. The van der Waals surface area contributed by atoms with Crippen molar-refractivity contribution in [1.82, 2.24) is 0 Å². The molecule has 0 aromatic heterocycles. The van der Waals surface area contributed by atoms with Crippen LogP contribution in [0, 0.1) is 5.82 Å². The van der Waals surface area contributed by atoms with E-state index in [1.165, 1.54) is 12.1 Å². The first-order valence-electron chi connectivity index (χ1n) is 4.39. The van der Waals surface area contributed by atoms with Crippen molar-refractivity contribution in [3.05, 3.63) is 47.8 Å². The summed E-state index contributed by atoms with van der Waals surface area (Å²) in [4.78, 5) is 10.9. The minimum Gasteiger partial charge on any atom is -0.454 e. The van der Waals surface area contributed by atoms with E-state index in [0.717, 1.165) is 0 Å². The Labute approximate surface area is 81.0 Å². The van der Waals surface area contributed by atoms with Gasteiger partial charge in [-0.3, -0.25) is 0 Å². The molecule has 0 N–H and O–H groups in total. The van der Waals surface area contributed by atoms with Crippen molar-refractivity contribution in [2.75, 3.05) is 0 Å². The Morgan fingerprint density at radius 3 is 2.86 bits per heavy atom. The standard InChI is InChI=1S/C11H9FO2/c12-9-5-2-1-4-8(9)10-6-3-7-11(13)14-10/h1-5,7,10H,6H2. The fraction of sp³-hybridized carbons (Fsp3) is 0.182. The zero-order chi connectivity index (χ0) is 9.97. The van der Waals surface area contributed by atoms with Gasteiger partial charge < -0.3 is 4.74 Å². The van der Waals surface area contributed by atoms with Gasteiger partial charge in [0.2, 0.25) is 0 Å². The number of ether oxygens (including phenoxy) is 1. The van der Waals surface area contributed by atoms with E-state index in [1.54, 1.807) is 24.3 Å². The molecule has 0 spiro atoms. The topological polar surface area (TPSA) is 26.3 Å². The number of esters is 1. The smallest absolute Gasteiger partial charge is 0.331 e. The molecule has 1 aliphatic heterocycles. The van der Waals surface area contributed by atoms with Gasteiger partial charge in [0.1, 0.15) is 11.9 Å². The lowest BCUT2D eigenvalue weighted by Crippen LogP contribution is -2.13. The van der Waals surface area contributed by atoms with Crippen LogP contribution in [0.2, 0.25) is 0 Å². The zero-order valence-electron chi connectivity index (χ0n) is 7.44. The van der Waals surface area contributed by atoms with E-state index in [0.29, 0.717) is 12.0 Å². The van der Waals surface area contributed by atoms with Crippen LogP contribution in [-0.4, -0.2) is 5.97 Å². The molecule has 1 unspecified atom stereocenters. The van der Waals surface area contributed by atoms with Crippen LogP contribution in [0.1, 0.15) is 18.1 Å². The van der Waals surface area contributed by atoms with Gasteiger partial charge in [-0.25, -0.2) is 9.18 Å². The van der Waals surface area contributed by atoms with Gasteiger partial charge in [-0.2, -0.15) is 0 Å². The fourth-order valence-electron chi connectivity index (χ4n) is 1.44. The molecule has 14 heavy (non-hydrogen) atoms. The van der Waals surface area contributed by atoms with Gasteiger partial charge in [0, 0.05) is 18.1 Å². The Morgan fingerprint density at radius 2 is 2.14 bits per heavy atom. The number of carbonyl (C=O) groups is 1. The van der Waals surface area contributed by atoms with Gasteiger partial charge in [-0.1, -0.05) is 24.3 Å². The van der Waals surface area contributed by atoms with E-state index in [4.69, 9.17) is 4.74 Å². The highest BCUT2D eigenvalue weighted by molar-refractivity contribution is 5.82. The summed E-state index contributed by atoms with van der Waals surface area (Å²) in [7, 11) is 0. The maximum absolute atomic E-state index is 13.3. The molecule has 2 rings (SSSR count). The molecule has 1 atom stereocenters. The third-order valence-corrected chi connectivity index (χ3v) is 2.11. The van der Waals surface area contributed by atoms with Crippen LogP contribution in [0.15, 0.2) is 36.4 Å². The summed E-state index contributed by atoms with van der Waals surface area (Å²) in [6, 6.07) is 6.33. The van der Waals surface area contributed by atoms with Gasteiger partial charge in [0.05, 0.1) is 0 Å². The molecule has 0 fully saturated rings. The van der Waals surface area contributed by atoms with Crippen molar-refractivity contribution in [1.29, 1.82) is 0 Å². The maximum Gasteiger partial charge on any atom is 0.331 e. The van der Waals surface area contributed by atoms with Gasteiger partial charge in [-0.05, 0) is 6.07 Å². The highest BCUT2D eigenvalue weighted by atomic mass is 19.1. The Balaban J connectivity index is 2.28. The molecule has 3 heteroatoms. The molecular weight excluding hydrogens is 183 g/mol. The summed E-state index contributed by atoms with van der Waals surface area (Å²) >= 11 is 0. The number of cyclic esters (lactones) is 1. The maximum atomic E-state index is 13.3. The number of hydrogen-bond donors (Lipinski definition) is 0. The first kappa shape index (κ1) is 8.94. The van der Waals surface area contributed by atoms with Crippen molar-refractivity contribution in [2.24, 2.45) is 0 Å². The molecule has 0 aliphatic carbocycles. The molecule has 1 aromatic rings. The molecular formula is C11H9FO2. The second-order valence-electron chi connectivity index (χ2n) is 3.09. The van der Waals surface area contributed by atoms with Crippen molar-refractivity contribution in [3.8, 4) is 0 Å². The largest absolute Gasteiger partial charge is 0.454 e. The molecule has 2 nitrogen and oxygen atoms in total. The first-order valence-corrected chi connectivity index (χ1v) is 4.39. The predicted octanol–water partition coefficient (Wildman–Crippen LogP) is 2.37. The van der Waals surface area contributed by atoms with Crippen LogP contribution in [-0.2, 0) is 9.53 Å². The van der Waals surface area contributed by atoms with E-state index < -0.39 is 12.1 Å². The van der Waals surface area contributed by atoms with Crippen molar-refractivity contribution < 1.29 is 13.9 Å². The number of rotatable bonds is 1. The average Bonchev–Trinajstić information content (AvgIpc) is 2.18. The molecule has 0 saturated carbocycles. The monoisotopic (exact) mass is 192 g/mol. The minimum atomic E-state index is -0.478. The summed E-state index contributed by atoms with van der Waals surface area (Å²) in [5.41, 5.74) is 0.435. The Kier molecular flexibility index (Phi) is 2.31. The van der Waals surface area contributed by atoms with Gasteiger partial charge >= 0.3 is 5.97 Å². The number of halogens is 1. The molecule has 0 bridgehead atoms. The quantitative estimate of drug-likeness (QED) is 0.638. The van der Waals surface area contributed by atoms with Gasteiger partial charge in [0.15, 0.2) is 0 Å². The molecule has 1 aromatic carbocycles. The van der Waals surface area contributed by atoms with Crippen molar-refractivity contribution in [2.45, 2.75) is 12.5 Å². The van der Waals surface area contributed by atoms with E-state index in [1.807, 2.05) is 0 Å². The number of carbonyl (C=O) groups excluding carboxylic acids is 1. The van der Waals surface area contributed by atoms with Crippen LogP contribution in [0.25, 0.3) is 0 Å².